The molecule has 0 spiro atoms. The number of halogens is 2. The first-order valence-electron chi connectivity index (χ1n) is 5.37. The number of hydrogen-bond donors (Lipinski definition) is 1. The zero-order valence-electron chi connectivity index (χ0n) is 9.64. The van der Waals surface area contributed by atoms with Crippen LogP contribution in [0.5, 0.6) is 0 Å². The van der Waals surface area contributed by atoms with Gasteiger partial charge in [-0.2, -0.15) is 0 Å². The zero-order valence-corrected chi connectivity index (χ0v) is 12.0. The fourth-order valence-corrected chi connectivity index (χ4v) is 5.44. The van der Waals surface area contributed by atoms with Crippen LogP contribution in [0.15, 0.2) is 23.1 Å². The third-order valence-corrected chi connectivity index (χ3v) is 6.51. The van der Waals surface area contributed by atoms with Gasteiger partial charge in [0.15, 0.2) is 9.84 Å². The van der Waals surface area contributed by atoms with Gasteiger partial charge in [0, 0.05) is 6.04 Å². The predicted molar refractivity (Wildman–Crippen MR) is 68.8 cm³/mol. The van der Waals surface area contributed by atoms with Crippen molar-refractivity contribution in [3.63, 3.8) is 0 Å². The van der Waals surface area contributed by atoms with E-state index < -0.39 is 31.7 Å². The Bertz CT molecular complexity index is 702. The standard InChI is InChI=1S/C10H11ClFNO4S2/c11-9-5-7(12)1-2-10(9)19(16,17)13-8-3-4-18(14,15)6-8/h1-2,5,8,13H,3-4,6H2. The molecule has 1 aliphatic heterocycles. The number of hydrogen-bond acceptors (Lipinski definition) is 4. The summed E-state index contributed by atoms with van der Waals surface area (Å²) in [4.78, 5) is -0.264. The Hall–Kier alpha value is -0.700. The number of rotatable bonds is 3. The summed E-state index contributed by atoms with van der Waals surface area (Å²) in [7, 11) is -7.14. The summed E-state index contributed by atoms with van der Waals surface area (Å²) in [5.41, 5.74) is 0. The normalized spacial score (nSPS) is 22.5. The molecular weight excluding hydrogens is 317 g/mol. The lowest BCUT2D eigenvalue weighted by molar-refractivity contribution is 0.562. The maximum atomic E-state index is 12.9. The summed E-state index contributed by atoms with van der Waals surface area (Å²) in [5, 5.41) is -0.242. The monoisotopic (exact) mass is 327 g/mol. The van der Waals surface area contributed by atoms with Crippen molar-refractivity contribution in [3.05, 3.63) is 29.0 Å². The molecule has 0 aliphatic carbocycles. The fourth-order valence-electron chi connectivity index (χ4n) is 1.86. The van der Waals surface area contributed by atoms with Crippen LogP contribution in [0.25, 0.3) is 0 Å². The van der Waals surface area contributed by atoms with Crippen molar-refractivity contribution in [2.75, 3.05) is 11.5 Å². The van der Waals surface area contributed by atoms with Crippen LogP contribution in [0, 0.1) is 5.82 Å². The summed E-state index contributed by atoms with van der Waals surface area (Å²) in [6.45, 7) is 0. The van der Waals surface area contributed by atoms with Gasteiger partial charge < -0.3 is 0 Å². The summed E-state index contributed by atoms with van der Waals surface area (Å²) >= 11 is 5.68. The summed E-state index contributed by atoms with van der Waals surface area (Å²) in [5.74, 6) is -0.921. The minimum Gasteiger partial charge on any atom is -0.229 e. The number of sulfonamides is 1. The van der Waals surface area contributed by atoms with Crippen LogP contribution < -0.4 is 4.72 Å². The molecule has 1 aliphatic rings. The van der Waals surface area contributed by atoms with Gasteiger partial charge in [-0.05, 0) is 24.6 Å². The molecule has 0 radical (unpaired) electrons. The topological polar surface area (TPSA) is 80.3 Å². The second kappa shape index (κ2) is 5.01. The van der Waals surface area contributed by atoms with Crippen molar-refractivity contribution in [2.45, 2.75) is 17.4 Å². The Morgan fingerprint density at radius 3 is 2.58 bits per heavy atom. The molecule has 1 aromatic rings. The van der Waals surface area contributed by atoms with Crippen molar-refractivity contribution >= 4 is 31.5 Å². The van der Waals surface area contributed by atoms with Gasteiger partial charge in [0.2, 0.25) is 10.0 Å². The van der Waals surface area contributed by atoms with Crippen LogP contribution >= 0.6 is 11.6 Å². The molecule has 1 heterocycles. The maximum Gasteiger partial charge on any atom is 0.242 e. The summed E-state index contributed by atoms with van der Waals surface area (Å²) in [6, 6.07) is 2.24. The first kappa shape index (κ1) is 14.7. The smallest absolute Gasteiger partial charge is 0.229 e. The molecule has 106 valence electrons. The Morgan fingerprint density at radius 2 is 2.05 bits per heavy atom. The van der Waals surface area contributed by atoms with E-state index in [1.54, 1.807) is 0 Å². The average molecular weight is 328 g/mol. The first-order valence-corrected chi connectivity index (χ1v) is 9.06. The van der Waals surface area contributed by atoms with Crippen molar-refractivity contribution in [1.29, 1.82) is 0 Å². The Labute approximate surface area is 115 Å². The molecule has 1 unspecified atom stereocenters. The first-order chi connectivity index (χ1) is 8.70. The van der Waals surface area contributed by atoms with Crippen molar-refractivity contribution < 1.29 is 21.2 Å². The van der Waals surface area contributed by atoms with E-state index in [2.05, 4.69) is 4.72 Å². The minimum absolute atomic E-state index is 0.0443. The van der Waals surface area contributed by atoms with E-state index in [1.807, 2.05) is 0 Å². The highest BCUT2D eigenvalue weighted by Gasteiger charge is 2.32. The molecule has 1 fully saturated rings. The number of benzene rings is 1. The molecule has 1 saturated heterocycles. The van der Waals surface area contributed by atoms with E-state index in [9.17, 15) is 21.2 Å². The van der Waals surface area contributed by atoms with Crippen LogP contribution in [0.4, 0.5) is 4.39 Å². The van der Waals surface area contributed by atoms with E-state index >= 15 is 0 Å². The molecule has 2 rings (SSSR count). The second-order valence-electron chi connectivity index (χ2n) is 4.30. The molecule has 1 aromatic carbocycles. The molecule has 0 bridgehead atoms. The molecule has 19 heavy (non-hydrogen) atoms. The minimum atomic E-state index is -3.95. The Kier molecular flexibility index (Phi) is 3.87. The van der Waals surface area contributed by atoms with E-state index in [4.69, 9.17) is 11.6 Å². The molecule has 0 saturated carbocycles. The van der Waals surface area contributed by atoms with Gasteiger partial charge in [-0.15, -0.1) is 0 Å². The SMILES string of the molecule is O=S1(=O)CCC(NS(=O)(=O)c2ccc(F)cc2Cl)C1. The lowest BCUT2D eigenvalue weighted by Gasteiger charge is -2.12. The van der Waals surface area contributed by atoms with E-state index in [1.165, 1.54) is 0 Å². The van der Waals surface area contributed by atoms with Crippen LogP contribution in [0.3, 0.4) is 0 Å². The van der Waals surface area contributed by atoms with Gasteiger partial charge in [-0.25, -0.2) is 25.9 Å². The number of nitrogens with one attached hydrogen (secondary N) is 1. The van der Waals surface area contributed by atoms with Gasteiger partial charge in [-0.3, -0.25) is 0 Å². The van der Waals surface area contributed by atoms with Crippen LogP contribution in [0.2, 0.25) is 5.02 Å². The maximum absolute atomic E-state index is 12.9. The Morgan fingerprint density at radius 1 is 1.37 bits per heavy atom. The quantitative estimate of drug-likeness (QED) is 0.896. The average Bonchev–Trinajstić information content (AvgIpc) is 2.56. The van der Waals surface area contributed by atoms with E-state index in [-0.39, 0.29) is 27.8 Å². The largest absolute Gasteiger partial charge is 0.242 e. The zero-order chi connectivity index (χ0) is 14.3. The highest BCUT2D eigenvalue weighted by molar-refractivity contribution is 7.92. The summed E-state index contributed by atoms with van der Waals surface area (Å²) < 4.78 is 61.7. The van der Waals surface area contributed by atoms with E-state index in [0.717, 1.165) is 18.2 Å². The lowest BCUT2D eigenvalue weighted by atomic mass is 10.3. The third kappa shape index (κ3) is 3.44. The van der Waals surface area contributed by atoms with Crippen LogP contribution in [-0.2, 0) is 19.9 Å². The van der Waals surface area contributed by atoms with Gasteiger partial charge >= 0.3 is 0 Å². The predicted octanol–water partition coefficient (Wildman–Crippen LogP) is 0.944. The highest BCUT2D eigenvalue weighted by Crippen LogP contribution is 2.23. The van der Waals surface area contributed by atoms with Crippen molar-refractivity contribution in [3.8, 4) is 0 Å². The highest BCUT2D eigenvalue weighted by atomic mass is 35.5. The van der Waals surface area contributed by atoms with Gasteiger partial charge in [0.1, 0.15) is 10.7 Å². The third-order valence-electron chi connectivity index (χ3n) is 2.74. The second-order valence-corrected chi connectivity index (χ2v) is 8.61. The van der Waals surface area contributed by atoms with Gasteiger partial charge in [0.25, 0.3) is 0 Å². The molecule has 5 nitrogen and oxygen atoms in total. The summed E-state index contributed by atoms with van der Waals surface area (Å²) in [6.07, 6.45) is 0.223. The van der Waals surface area contributed by atoms with Crippen molar-refractivity contribution in [2.24, 2.45) is 0 Å². The van der Waals surface area contributed by atoms with Gasteiger partial charge in [-0.1, -0.05) is 11.6 Å². The molecule has 1 N–H and O–H groups in total. The van der Waals surface area contributed by atoms with Crippen molar-refractivity contribution in [1.82, 2.24) is 4.72 Å². The lowest BCUT2D eigenvalue weighted by Crippen LogP contribution is -2.35. The molecule has 0 aromatic heterocycles. The van der Waals surface area contributed by atoms with Crippen LogP contribution in [0.1, 0.15) is 6.42 Å². The van der Waals surface area contributed by atoms with Crippen LogP contribution in [-0.4, -0.2) is 34.4 Å². The van der Waals surface area contributed by atoms with Gasteiger partial charge in [0.05, 0.1) is 16.5 Å². The molecule has 0 amide bonds. The fraction of sp³-hybridized carbons (Fsp3) is 0.400. The number of sulfone groups is 1. The Balaban J connectivity index is 2.24. The molecule has 1 atom stereocenters. The molecule has 9 heteroatoms. The molecular formula is C10H11ClFNO4S2. The van der Waals surface area contributed by atoms with E-state index in [0.29, 0.717) is 0 Å².